The standard InChI is InChI=1S/C13H19NOS/c1-14-7-8-16-10-12(14)9-13(15)11-5-3-2-4-6-11/h2-6,12-13,15H,7-10H2,1H3. The highest BCUT2D eigenvalue weighted by Gasteiger charge is 2.22. The van der Waals surface area contributed by atoms with Crippen LogP contribution in [-0.4, -0.2) is 41.1 Å². The number of hydrogen-bond acceptors (Lipinski definition) is 3. The molecule has 0 saturated carbocycles. The Morgan fingerprint density at radius 1 is 1.44 bits per heavy atom. The van der Waals surface area contributed by atoms with Gasteiger partial charge in [0.1, 0.15) is 0 Å². The Hall–Kier alpha value is -0.510. The number of aliphatic hydroxyl groups is 1. The van der Waals surface area contributed by atoms with Gasteiger partial charge in [0.05, 0.1) is 6.10 Å². The van der Waals surface area contributed by atoms with Crippen molar-refractivity contribution in [3.05, 3.63) is 35.9 Å². The van der Waals surface area contributed by atoms with Crippen molar-refractivity contribution in [1.29, 1.82) is 0 Å². The molecule has 1 fully saturated rings. The molecule has 1 saturated heterocycles. The summed E-state index contributed by atoms with van der Waals surface area (Å²) in [6, 6.07) is 10.5. The topological polar surface area (TPSA) is 23.5 Å². The predicted molar refractivity (Wildman–Crippen MR) is 69.8 cm³/mol. The second kappa shape index (κ2) is 5.71. The van der Waals surface area contributed by atoms with Gasteiger partial charge in [0.2, 0.25) is 0 Å². The molecule has 2 nitrogen and oxygen atoms in total. The van der Waals surface area contributed by atoms with E-state index in [9.17, 15) is 5.11 Å². The molecule has 1 N–H and O–H groups in total. The van der Waals surface area contributed by atoms with Crippen LogP contribution in [-0.2, 0) is 0 Å². The molecule has 1 aromatic carbocycles. The summed E-state index contributed by atoms with van der Waals surface area (Å²) in [6.07, 6.45) is 0.514. The summed E-state index contributed by atoms with van der Waals surface area (Å²) in [5.74, 6) is 2.36. The third kappa shape index (κ3) is 3.00. The number of aliphatic hydroxyl groups excluding tert-OH is 1. The van der Waals surface area contributed by atoms with E-state index in [2.05, 4.69) is 11.9 Å². The fraction of sp³-hybridized carbons (Fsp3) is 0.538. The Morgan fingerprint density at radius 2 is 2.19 bits per heavy atom. The first kappa shape index (κ1) is 12.0. The quantitative estimate of drug-likeness (QED) is 0.871. The Bertz CT molecular complexity index is 317. The van der Waals surface area contributed by atoms with Gasteiger partial charge < -0.3 is 10.0 Å². The molecule has 0 amide bonds. The average Bonchev–Trinajstić information content (AvgIpc) is 2.33. The van der Waals surface area contributed by atoms with E-state index in [1.165, 1.54) is 5.75 Å². The van der Waals surface area contributed by atoms with Crippen molar-refractivity contribution in [2.45, 2.75) is 18.6 Å². The number of rotatable bonds is 3. The molecule has 1 heterocycles. The first-order chi connectivity index (χ1) is 7.77. The molecule has 2 unspecified atom stereocenters. The van der Waals surface area contributed by atoms with Crippen LogP contribution in [0, 0.1) is 0 Å². The van der Waals surface area contributed by atoms with Crippen molar-refractivity contribution in [2.24, 2.45) is 0 Å². The van der Waals surface area contributed by atoms with E-state index in [4.69, 9.17) is 0 Å². The molecule has 0 spiro atoms. The Labute approximate surface area is 102 Å². The molecular formula is C13H19NOS. The second-order valence-corrected chi connectivity index (χ2v) is 5.52. The first-order valence-electron chi connectivity index (χ1n) is 5.78. The van der Waals surface area contributed by atoms with Crippen LogP contribution < -0.4 is 0 Å². The fourth-order valence-corrected chi connectivity index (χ4v) is 3.30. The minimum absolute atomic E-state index is 0.327. The lowest BCUT2D eigenvalue weighted by Gasteiger charge is -2.33. The predicted octanol–water partition coefficient (Wildman–Crippen LogP) is 2.16. The maximum absolute atomic E-state index is 10.2. The molecule has 0 bridgehead atoms. The normalized spacial score (nSPS) is 24.2. The van der Waals surface area contributed by atoms with Gasteiger partial charge in [-0.15, -0.1) is 0 Å². The highest BCUT2D eigenvalue weighted by Crippen LogP contribution is 2.24. The molecule has 3 heteroatoms. The van der Waals surface area contributed by atoms with Gasteiger partial charge in [0.15, 0.2) is 0 Å². The largest absolute Gasteiger partial charge is 0.388 e. The Morgan fingerprint density at radius 3 is 2.88 bits per heavy atom. The molecule has 88 valence electrons. The van der Waals surface area contributed by atoms with Crippen molar-refractivity contribution < 1.29 is 5.11 Å². The molecule has 1 aliphatic heterocycles. The summed E-state index contributed by atoms with van der Waals surface area (Å²) >= 11 is 1.99. The van der Waals surface area contributed by atoms with E-state index < -0.39 is 0 Å². The van der Waals surface area contributed by atoms with Crippen molar-refractivity contribution in [3.63, 3.8) is 0 Å². The minimum atomic E-state index is -0.327. The van der Waals surface area contributed by atoms with Crippen LogP contribution in [0.1, 0.15) is 18.1 Å². The summed E-state index contributed by atoms with van der Waals surface area (Å²) in [5, 5.41) is 10.2. The lowest BCUT2D eigenvalue weighted by atomic mass is 10.0. The van der Waals surface area contributed by atoms with Crippen LogP contribution in [0.3, 0.4) is 0 Å². The van der Waals surface area contributed by atoms with E-state index in [1.807, 2.05) is 42.1 Å². The van der Waals surface area contributed by atoms with Gasteiger partial charge in [-0.05, 0) is 19.0 Å². The highest BCUT2D eigenvalue weighted by atomic mass is 32.2. The molecule has 0 aromatic heterocycles. The zero-order chi connectivity index (χ0) is 11.4. The van der Waals surface area contributed by atoms with E-state index in [0.29, 0.717) is 6.04 Å². The van der Waals surface area contributed by atoms with Gasteiger partial charge in [-0.2, -0.15) is 11.8 Å². The van der Waals surface area contributed by atoms with Crippen LogP contribution >= 0.6 is 11.8 Å². The van der Waals surface area contributed by atoms with Crippen LogP contribution in [0.2, 0.25) is 0 Å². The van der Waals surface area contributed by atoms with Crippen LogP contribution in [0.5, 0.6) is 0 Å². The summed E-state index contributed by atoms with van der Waals surface area (Å²) < 4.78 is 0. The zero-order valence-corrected chi connectivity index (χ0v) is 10.5. The molecule has 2 rings (SSSR count). The van der Waals surface area contributed by atoms with Gasteiger partial charge in [0.25, 0.3) is 0 Å². The second-order valence-electron chi connectivity index (χ2n) is 4.37. The Kier molecular flexibility index (Phi) is 4.27. The van der Waals surface area contributed by atoms with Gasteiger partial charge in [-0.1, -0.05) is 30.3 Å². The summed E-state index contributed by atoms with van der Waals surface area (Å²) in [4.78, 5) is 2.36. The third-order valence-corrected chi connectivity index (χ3v) is 4.29. The average molecular weight is 237 g/mol. The SMILES string of the molecule is CN1CCSCC1CC(O)c1ccccc1. The van der Waals surface area contributed by atoms with Gasteiger partial charge in [0, 0.05) is 24.1 Å². The van der Waals surface area contributed by atoms with Crippen LogP contribution in [0.25, 0.3) is 0 Å². The van der Waals surface area contributed by atoms with E-state index >= 15 is 0 Å². The van der Waals surface area contributed by atoms with Gasteiger partial charge >= 0.3 is 0 Å². The molecule has 1 aliphatic rings. The van der Waals surface area contributed by atoms with Crippen LogP contribution in [0.4, 0.5) is 0 Å². The zero-order valence-electron chi connectivity index (χ0n) is 9.67. The lowest BCUT2D eigenvalue weighted by Crippen LogP contribution is -2.40. The lowest BCUT2D eigenvalue weighted by molar-refractivity contribution is 0.123. The molecule has 0 aliphatic carbocycles. The fourth-order valence-electron chi connectivity index (χ4n) is 2.05. The third-order valence-electron chi connectivity index (χ3n) is 3.20. The van der Waals surface area contributed by atoms with Crippen molar-refractivity contribution >= 4 is 11.8 Å². The van der Waals surface area contributed by atoms with Gasteiger partial charge in [-0.3, -0.25) is 0 Å². The van der Waals surface area contributed by atoms with E-state index in [1.54, 1.807) is 0 Å². The van der Waals surface area contributed by atoms with Crippen molar-refractivity contribution in [1.82, 2.24) is 4.90 Å². The molecule has 1 aromatic rings. The summed E-state index contributed by atoms with van der Waals surface area (Å²) in [7, 11) is 2.15. The maximum Gasteiger partial charge on any atom is 0.0805 e. The number of hydrogen-bond donors (Lipinski definition) is 1. The van der Waals surface area contributed by atoms with Crippen molar-refractivity contribution in [2.75, 3.05) is 25.1 Å². The van der Waals surface area contributed by atoms with Crippen molar-refractivity contribution in [3.8, 4) is 0 Å². The van der Waals surface area contributed by atoms with Crippen LogP contribution in [0.15, 0.2) is 30.3 Å². The monoisotopic (exact) mass is 237 g/mol. The Balaban J connectivity index is 1.94. The number of nitrogens with zero attached hydrogens (tertiary/aromatic N) is 1. The maximum atomic E-state index is 10.2. The minimum Gasteiger partial charge on any atom is -0.388 e. The summed E-state index contributed by atoms with van der Waals surface area (Å²) in [5.41, 5.74) is 1.03. The number of thioether (sulfide) groups is 1. The molecule has 0 radical (unpaired) electrons. The molecular weight excluding hydrogens is 218 g/mol. The van der Waals surface area contributed by atoms with E-state index in [-0.39, 0.29) is 6.10 Å². The molecule has 16 heavy (non-hydrogen) atoms. The van der Waals surface area contributed by atoms with Gasteiger partial charge in [-0.25, -0.2) is 0 Å². The summed E-state index contributed by atoms with van der Waals surface area (Å²) in [6.45, 7) is 1.14. The smallest absolute Gasteiger partial charge is 0.0805 e. The van der Waals surface area contributed by atoms with E-state index in [0.717, 1.165) is 24.3 Å². The highest BCUT2D eigenvalue weighted by molar-refractivity contribution is 7.99. The number of benzene rings is 1. The molecule has 2 atom stereocenters. The first-order valence-corrected chi connectivity index (χ1v) is 6.94.